The van der Waals surface area contributed by atoms with Crippen molar-refractivity contribution in [3.05, 3.63) is 41.7 Å². The van der Waals surface area contributed by atoms with Crippen LogP contribution in [0.25, 0.3) is 0 Å². The van der Waals surface area contributed by atoms with E-state index >= 15 is 0 Å². The van der Waals surface area contributed by atoms with Crippen LogP contribution < -0.4 is 11.2 Å². The molecule has 6 nitrogen and oxygen atoms in total. The van der Waals surface area contributed by atoms with E-state index in [-0.39, 0.29) is 22.7 Å². The molecule has 0 aliphatic carbocycles. The first-order chi connectivity index (χ1) is 11.3. The minimum Gasteiger partial charge on any atom is -0.355 e. The molecule has 0 radical (unpaired) electrons. The van der Waals surface area contributed by atoms with Crippen molar-refractivity contribution in [3.8, 4) is 0 Å². The highest BCUT2D eigenvalue weighted by Crippen LogP contribution is 2.28. The zero-order chi connectivity index (χ0) is 17.7. The van der Waals surface area contributed by atoms with E-state index in [4.69, 9.17) is 5.84 Å². The molecule has 0 aliphatic heterocycles. The van der Waals surface area contributed by atoms with E-state index in [0.29, 0.717) is 11.2 Å². The molecule has 2 rings (SSSR count). The predicted octanol–water partition coefficient (Wildman–Crippen LogP) is 2.02. The fourth-order valence-electron chi connectivity index (χ4n) is 1.92. The summed E-state index contributed by atoms with van der Waals surface area (Å²) in [5, 5.41) is 8.89. The zero-order valence-corrected chi connectivity index (χ0v) is 13.6. The minimum atomic E-state index is -4.69. The summed E-state index contributed by atoms with van der Waals surface area (Å²) < 4.78 is 38.0. The van der Waals surface area contributed by atoms with Crippen LogP contribution in [0.3, 0.4) is 0 Å². The lowest BCUT2D eigenvalue weighted by atomic mass is 10.0. The number of carbonyl (C=O) groups excluding carboxylic acids is 1. The maximum Gasteiger partial charge on any atom is 0.453 e. The van der Waals surface area contributed by atoms with Crippen LogP contribution in [0.15, 0.2) is 35.5 Å². The Morgan fingerprint density at radius 3 is 2.58 bits per heavy atom. The number of carbonyl (C=O) groups is 1. The van der Waals surface area contributed by atoms with Crippen LogP contribution in [0.2, 0.25) is 0 Å². The summed E-state index contributed by atoms with van der Waals surface area (Å²) in [6.45, 7) is 2.39. The molecule has 3 N–H and O–H groups in total. The number of alkyl halides is 3. The van der Waals surface area contributed by atoms with Gasteiger partial charge >= 0.3 is 6.18 Å². The predicted molar refractivity (Wildman–Crippen MR) is 83.8 cm³/mol. The summed E-state index contributed by atoms with van der Waals surface area (Å²) in [4.78, 5) is 11.8. The van der Waals surface area contributed by atoms with Gasteiger partial charge in [0.2, 0.25) is 11.1 Å². The van der Waals surface area contributed by atoms with E-state index in [2.05, 4.69) is 15.5 Å². The number of benzene rings is 1. The van der Waals surface area contributed by atoms with Crippen molar-refractivity contribution in [2.24, 2.45) is 0 Å². The molecule has 0 saturated carbocycles. The molecular formula is C14H16F3N5OS. The van der Waals surface area contributed by atoms with Crippen molar-refractivity contribution >= 4 is 17.7 Å². The number of aromatic nitrogens is 3. The highest BCUT2D eigenvalue weighted by atomic mass is 32.2. The largest absolute Gasteiger partial charge is 0.453 e. The molecule has 24 heavy (non-hydrogen) atoms. The first kappa shape index (κ1) is 18.1. The van der Waals surface area contributed by atoms with Crippen molar-refractivity contribution in [1.82, 2.24) is 20.2 Å². The van der Waals surface area contributed by atoms with Crippen molar-refractivity contribution in [3.63, 3.8) is 0 Å². The van der Waals surface area contributed by atoms with Crippen LogP contribution in [-0.2, 0) is 11.0 Å². The van der Waals surface area contributed by atoms with E-state index in [9.17, 15) is 18.0 Å². The van der Waals surface area contributed by atoms with Gasteiger partial charge in [-0.2, -0.15) is 13.2 Å². The van der Waals surface area contributed by atoms with Crippen LogP contribution >= 0.6 is 11.8 Å². The topological polar surface area (TPSA) is 85.8 Å². The molecule has 0 fully saturated rings. The van der Waals surface area contributed by atoms with Crippen LogP contribution in [0.5, 0.6) is 0 Å². The number of nitrogens with one attached hydrogen (secondary N) is 1. The van der Waals surface area contributed by atoms with Gasteiger partial charge in [-0.05, 0) is 11.5 Å². The fraction of sp³-hybridized carbons (Fsp3) is 0.357. The van der Waals surface area contributed by atoms with Gasteiger partial charge in [0, 0.05) is 6.54 Å². The molecule has 1 amide bonds. The number of thioether (sulfide) groups is 1. The first-order valence-corrected chi connectivity index (χ1v) is 7.99. The molecule has 0 saturated heterocycles. The number of hydrogen-bond acceptors (Lipinski definition) is 5. The number of halogens is 3. The monoisotopic (exact) mass is 359 g/mol. The van der Waals surface area contributed by atoms with Crippen LogP contribution in [0.4, 0.5) is 13.2 Å². The Morgan fingerprint density at radius 2 is 2.00 bits per heavy atom. The van der Waals surface area contributed by atoms with Gasteiger partial charge in [0.05, 0.1) is 5.75 Å². The third-order valence-electron chi connectivity index (χ3n) is 3.22. The molecular weight excluding hydrogens is 343 g/mol. The maximum absolute atomic E-state index is 12.5. The van der Waals surface area contributed by atoms with Crippen molar-refractivity contribution < 1.29 is 18.0 Å². The molecule has 2 aromatic rings. The standard InChI is InChI=1S/C14H16F3N5OS/c1-9(10-5-3-2-4-6-10)7-19-11(23)8-24-13-21-20-12(22(13)18)14(15,16)17/h2-6,9H,7-8,18H2,1H3,(H,19,23)/t9-/m1/s1. The second-order valence-corrected chi connectivity index (χ2v) is 6.02. The van der Waals surface area contributed by atoms with Gasteiger partial charge in [0.25, 0.3) is 5.82 Å². The lowest BCUT2D eigenvalue weighted by Gasteiger charge is -2.12. The van der Waals surface area contributed by atoms with Gasteiger partial charge in [0.1, 0.15) is 0 Å². The summed E-state index contributed by atoms with van der Waals surface area (Å²) in [5.74, 6) is 3.69. The number of nitrogen functional groups attached to an aromatic ring is 1. The Kier molecular flexibility index (Phi) is 5.71. The van der Waals surface area contributed by atoms with Gasteiger partial charge < -0.3 is 11.2 Å². The smallest absolute Gasteiger partial charge is 0.355 e. The van der Waals surface area contributed by atoms with E-state index in [0.717, 1.165) is 17.3 Å². The summed E-state index contributed by atoms with van der Waals surface area (Å²) >= 11 is 0.792. The van der Waals surface area contributed by atoms with Crippen LogP contribution in [0.1, 0.15) is 24.2 Å². The summed E-state index contributed by atoms with van der Waals surface area (Å²) in [6.07, 6.45) is -4.69. The highest BCUT2D eigenvalue weighted by Gasteiger charge is 2.38. The average Bonchev–Trinajstić information content (AvgIpc) is 2.92. The maximum atomic E-state index is 12.5. The molecule has 0 aliphatic rings. The molecule has 1 aromatic heterocycles. The number of hydrogen-bond donors (Lipinski definition) is 2. The second kappa shape index (κ2) is 7.56. The normalized spacial score (nSPS) is 12.8. The van der Waals surface area contributed by atoms with Gasteiger partial charge in [-0.1, -0.05) is 49.0 Å². The molecule has 130 valence electrons. The van der Waals surface area contributed by atoms with E-state index in [1.165, 1.54) is 0 Å². The number of rotatable bonds is 6. The third-order valence-corrected chi connectivity index (χ3v) is 4.17. The lowest BCUT2D eigenvalue weighted by Crippen LogP contribution is -2.29. The Labute approximate surface area is 140 Å². The van der Waals surface area contributed by atoms with Crippen LogP contribution in [-0.4, -0.2) is 33.1 Å². The Morgan fingerprint density at radius 1 is 1.33 bits per heavy atom. The van der Waals surface area contributed by atoms with Crippen molar-refractivity contribution in [2.45, 2.75) is 24.2 Å². The highest BCUT2D eigenvalue weighted by molar-refractivity contribution is 7.99. The molecule has 0 unspecified atom stereocenters. The Bertz CT molecular complexity index is 689. The molecule has 0 bridgehead atoms. The fourth-order valence-corrected chi connectivity index (χ4v) is 2.60. The molecule has 1 atom stereocenters. The molecule has 1 heterocycles. The van der Waals surface area contributed by atoms with Crippen LogP contribution in [0, 0.1) is 0 Å². The SMILES string of the molecule is C[C@H](CNC(=O)CSc1nnc(C(F)(F)F)n1N)c1ccccc1. The van der Waals surface area contributed by atoms with Crippen molar-refractivity contribution in [1.29, 1.82) is 0 Å². The summed E-state index contributed by atoms with van der Waals surface area (Å²) in [7, 11) is 0. The Balaban J connectivity index is 1.83. The van der Waals surface area contributed by atoms with Gasteiger partial charge in [-0.15, -0.1) is 10.2 Å². The summed E-state index contributed by atoms with van der Waals surface area (Å²) in [5.41, 5.74) is 1.09. The quantitative estimate of drug-likeness (QED) is 0.609. The zero-order valence-electron chi connectivity index (χ0n) is 12.7. The number of nitrogens with two attached hydrogens (primary N) is 1. The Hall–Kier alpha value is -2.23. The first-order valence-electron chi connectivity index (χ1n) is 7.01. The van der Waals surface area contributed by atoms with Gasteiger partial charge in [-0.25, -0.2) is 4.68 Å². The average molecular weight is 359 g/mol. The molecule has 10 heteroatoms. The number of nitrogens with zero attached hydrogens (tertiary/aromatic N) is 3. The number of amides is 1. The molecule has 0 spiro atoms. The van der Waals surface area contributed by atoms with E-state index < -0.39 is 12.0 Å². The minimum absolute atomic E-state index is 0.102. The molecule has 1 aromatic carbocycles. The lowest BCUT2D eigenvalue weighted by molar-refractivity contribution is -0.146. The van der Waals surface area contributed by atoms with E-state index in [1.807, 2.05) is 37.3 Å². The second-order valence-electron chi connectivity index (χ2n) is 5.08. The third kappa shape index (κ3) is 4.63. The summed E-state index contributed by atoms with van der Waals surface area (Å²) in [6, 6.07) is 9.65. The van der Waals surface area contributed by atoms with Gasteiger partial charge in [0.15, 0.2) is 0 Å². The van der Waals surface area contributed by atoms with E-state index in [1.54, 1.807) is 0 Å². The van der Waals surface area contributed by atoms with Crippen molar-refractivity contribution in [2.75, 3.05) is 18.1 Å². The van der Waals surface area contributed by atoms with Gasteiger partial charge in [-0.3, -0.25) is 4.79 Å².